The smallest absolute Gasteiger partial charge is 0.358 e. The van der Waals surface area contributed by atoms with Crippen molar-refractivity contribution in [3.63, 3.8) is 0 Å². The van der Waals surface area contributed by atoms with E-state index in [2.05, 4.69) is 0 Å². The summed E-state index contributed by atoms with van der Waals surface area (Å²) >= 11 is 5.55. The zero-order valence-corrected chi connectivity index (χ0v) is 10.6. The van der Waals surface area contributed by atoms with Crippen molar-refractivity contribution in [1.29, 1.82) is 0 Å². The third kappa shape index (κ3) is 3.78. The van der Waals surface area contributed by atoms with Gasteiger partial charge in [0.05, 0.1) is 11.1 Å². The number of alkyl halides is 7. The molecule has 1 N–H and O–H groups in total. The molecule has 1 unspecified atom stereocenters. The van der Waals surface area contributed by atoms with Crippen LogP contribution in [0.2, 0.25) is 0 Å². The molecule has 0 aliphatic carbocycles. The second-order valence-electron chi connectivity index (χ2n) is 3.82. The number of hydrogen-bond acceptors (Lipinski definition) is 1. The lowest BCUT2D eigenvalue weighted by Crippen LogP contribution is -2.23. The van der Waals surface area contributed by atoms with Gasteiger partial charge in [0.2, 0.25) is 5.91 Å². The summed E-state index contributed by atoms with van der Waals surface area (Å²) in [6.07, 6.45) is -9.95. The van der Waals surface area contributed by atoms with Crippen LogP contribution >= 0.6 is 11.6 Å². The van der Waals surface area contributed by atoms with Gasteiger partial charge >= 0.3 is 12.4 Å². The quantitative estimate of drug-likeness (QED) is 0.653. The molecule has 0 saturated carbocycles. The van der Waals surface area contributed by atoms with Gasteiger partial charge in [0.15, 0.2) is 0 Å². The summed E-state index contributed by atoms with van der Waals surface area (Å²) in [6, 6.07) is 0.807. The van der Waals surface area contributed by atoms with Gasteiger partial charge in [-0.3, -0.25) is 4.79 Å². The molecular formula is C11H8ClF6NO. The molecule has 0 fully saturated rings. The second kappa shape index (κ2) is 5.51. The van der Waals surface area contributed by atoms with Crippen molar-refractivity contribution < 1.29 is 31.1 Å². The summed E-state index contributed by atoms with van der Waals surface area (Å²) in [7, 11) is 1.16. The fraction of sp³-hybridized carbons (Fsp3) is 0.364. The summed E-state index contributed by atoms with van der Waals surface area (Å²) < 4.78 is 75.4. The normalized spacial score (nSPS) is 14.0. The Balaban J connectivity index is 3.42. The third-order valence-corrected chi connectivity index (χ3v) is 2.83. The minimum atomic E-state index is -4.98. The van der Waals surface area contributed by atoms with E-state index in [9.17, 15) is 31.1 Å². The monoisotopic (exact) mass is 319 g/mol. The zero-order valence-electron chi connectivity index (χ0n) is 9.86. The molecule has 1 aromatic rings. The lowest BCUT2D eigenvalue weighted by molar-refractivity contribution is -0.143. The predicted molar refractivity (Wildman–Crippen MR) is 59.1 cm³/mol. The molecule has 112 valence electrons. The van der Waals surface area contributed by atoms with Crippen LogP contribution in [0.5, 0.6) is 0 Å². The summed E-state index contributed by atoms with van der Waals surface area (Å²) in [4.78, 5) is 11.2. The molecule has 0 aromatic heterocycles. The zero-order chi connectivity index (χ0) is 15.7. The molecule has 0 radical (unpaired) electrons. The van der Waals surface area contributed by atoms with Gasteiger partial charge < -0.3 is 5.32 Å². The summed E-state index contributed by atoms with van der Waals surface area (Å²) in [5.74, 6) is -0.904. The lowest BCUT2D eigenvalue weighted by Gasteiger charge is -2.16. The van der Waals surface area contributed by atoms with Crippen LogP contribution in [0.25, 0.3) is 0 Å². The topological polar surface area (TPSA) is 29.1 Å². The maximum atomic E-state index is 12.6. The first-order valence-corrected chi connectivity index (χ1v) is 5.55. The van der Waals surface area contributed by atoms with E-state index in [-0.39, 0.29) is 6.07 Å². The minimum absolute atomic E-state index is 0.0308. The standard InChI is InChI=1S/C11H8ClF6NO/c1-19-9(20)8(12)5-2-6(10(13,14)15)4-7(3-5)11(16,17)18/h2-4,8H,1H3,(H,19,20). The van der Waals surface area contributed by atoms with Crippen molar-refractivity contribution >= 4 is 17.5 Å². The molecule has 0 saturated heterocycles. The van der Waals surface area contributed by atoms with Crippen molar-refractivity contribution in [2.24, 2.45) is 0 Å². The van der Waals surface area contributed by atoms with E-state index < -0.39 is 40.3 Å². The van der Waals surface area contributed by atoms with E-state index in [1.54, 1.807) is 0 Å². The van der Waals surface area contributed by atoms with Gasteiger partial charge in [-0.1, -0.05) is 0 Å². The average molecular weight is 320 g/mol. The van der Waals surface area contributed by atoms with Gasteiger partial charge in [-0.15, -0.1) is 11.6 Å². The molecular weight excluding hydrogens is 312 g/mol. The molecule has 1 rings (SSSR count). The number of rotatable bonds is 2. The first-order valence-electron chi connectivity index (χ1n) is 5.12. The van der Waals surface area contributed by atoms with Crippen LogP contribution in [0.4, 0.5) is 26.3 Å². The highest BCUT2D eigenvalue weighted by molar-refractivity contribution is 6.30. The number of halogens is 7. The Morgan fingerprint density at radius 3 is 1.75 bits per heavy atom. The van der Waals surface area contributed by atoms with Crippen molar-refractivity contribution in [2.45, 2.75) is 17.7 Å². The van der Waals surface area contributed by atoms with E-state index in [1.165, 1.54) is 0 Å². The maximum absolute atomic E-state index is 12.6. The molecule has 0 aliphatic rings. The van der Waals surface area contributed by atoms with Gasteiger partial charge in [0, 0.05) is 7.05 Å². The highest BCUT2D eigenvalue weighted by Gasteiger charge is 2.37. The second-order valence-corrected chi connectivity index (χ2v) is 4.25. The fourth-order valence-corrected chi connectivity index (χ4v) is 1.64. The molecule has 20 heavy (non-hydrogen) atoms. The molecule has 1 atom stereocenters. The summed E-state index contributed by atoms with van der Waals surface area (Å²) in [5.41, 5.74) is -3.61. The highest BCUT2D eigenvalue weighted by atomic mass is 35.5. The molecule has 0 aliphatic heterocycles. The molecule has 0 heterocycles. The predicted octanol–water partition coefficient (Wildman–Crippen LogP) is 3.75. The first-order chi connectivity index (χ1) is 8.96. The first kappa shape index (κ1) is 16.6. The Hall–Kier alpha value is -1.44. The Bertz CT molecular complexity index is 478. The molecule has 1 amide bonds. The van der Waals surface area contributed by atoms with E-state index >= 15 is 0 Å². The van der Waals surface area contributed by atoms with Gasteiger partial charge in [-0.25, -0.2) is 0 Å². The Morgan fingerprint density at radius 1 is 1.05 bits per heavy atom. The van der Waals surface area contributed by atoms with Crippen molar-refractivity contribution in [2.75, 3.05) is 7.05 Å². The van der Waals surface area contributed by atoms with Crippen LogP contribution in [0.3, 0.4) is 0 Å². The Kier molecular flexibility index (Phi) is 4.58. The van der Waals surface area contributed by atoms with Crippen LogP contribution in [0, 0.1) is 0 Å². The molecule has 1 aromatic carbocycles. The molecule has 0 spiro atoms. The lowest BCUT2D eigenvalue weighted by atomic mass is 10.0. The summed E-state index contributed by atoms with van der Waals surface area (Å²) in [6.45, 7) is 0. The number of benzene rings is 1. The van der Waals surface area contributed by atoms with Crippen LogP contribution in [-0.2, 0) is 17.1 Å². The maximum Gasteiger partial charge on any atom is 0.416 e. The molecule has 9 heteroatoms. The largest absolute Gasteiger partial charge is 0.416 e. The average Bonchev–Trinajstić information content (AvgIpc) is 2.34. The van der Waals surface area contributed by atoms with Crippen molar-refractivity contribution in [1.82, 2.24) is 5.32 Å². The number of carbonyl (C=O) groups is 1. The van der Waals surface area contributed by atoms with Crippen LogP contribution < -0.4 is 5.32 Å². The Morgan fingerprint density at radius 2 is 1.45 bits per heavy atom. The highest BCUT2D eigenvalue weighted by Crippen LogP contribution is 2.38. The SMILES string of the molecule is CNC(=O)C(Cl)c1cc(C(F)(F)F)cc(C(F)(F)F)c1. The van der Waals surface area contributed by atoms with Gasteiger partial charge in [-0.05, 0) is 23.8 Å². The third-order valence-electron chi connectivity index (χ3n) is 2.38. The summed E-state index contributed by atoms with van der Waals surface area (Å²) in [5, 5.41) is 0.397. The number of carbonyl (C=O) groups excluding carboxylic acids is 1. The van der Waals surface area contributed by atoms with Crippen LogP contribution in [-0.4, -0.2) is 13.0 Å². The van der Waals surface area contributed by atoms with Crippen LogP contribution in [0.1, 0.15) is 22.1 Å². The van der Waals surface area contributed by atoms with Crippen LogP contribution in [0.15, 0.2) is 18.2 Å². The number of nitrogens with one attached hydrogen (secondary N) is 1. The van der Waals surface area contributed by atoms with Crippen molar-refractivity contribution in [3.8, 4) is 0 Å². The molecule has 0 bridgehead atoms. The minimum Gasteiger partial charge on any atom is -0.358 e. The van der Waals surface area contributed by atoms with Crippen molar-refractivity contribution in [3.05, 3.63) is 34.9 Å². The van der Waals surface area contributed by atoms with Gasteiger partial charge in [-0.2, -0.15) is 26.3 Å². The molecule has 2 nitrogen and oxygen atoms in total. The fourth-order valence-electron chi connectivity index (χ4n) is 1.40. The number of hydrogen-bond donors (Lipinski definition) is 1. The van der Waals surface area contributed by atoms with Gasteiger partial charge in [0.1, 0.15) is 5.38 Å². The number of amides is 1. The van der Waals surface area contributed by atoms with Gasteiger partial charge in [0.25, 0.3) is 0 Å². The number of likely N-dealkylation sites (N-methyl/N-ethyl adjacent to an activating group) is 1. The van der Waals surface area contributed by atoms with E-state index in [0.29, 0.717) is 12.1 Å². The van der Waals surface area contributed by atoms with E-state index in [0.717, 1.165) is 7.05 Å². The van der Waals surface area contributed by atoms with E-state index in [4.69, 9.17) is 11.6 Å². The van der Waals surface area contributed by atoms with E-state index in [1.807, 2.05) is 5.32 Å². The Labute approximate surface area is 114 Å².